The van der Waals surface area contributed by atoms with Gasteiger partial charge in [0, 0.05) is 32.7 Å². The Morgan fingerprint density at radius 1 is 1.14 bits per heavy atom. The van der Waals surface area contributed by atoms with Crippen LogP contribution in [0.2, 0.25) is 0 Å². The maximum atomic E-state index is 11.5. The fourth-order valence-electron chi connectivity index (χ4n) is 2.92. The lowest BCUT2D eigenvalue weighted by atomic mass is 9.86. The van der Waals surface area contributed by atoms with Crippen LogP contribution in [0.5, 0.6) is 0 Å². The molecule has 0 aromatic heterocycles. The summed E-state index contributed by atoms with van der Waals surface area (Å²) in [7, 11) is -3.03. The molecule has 7 heteroatoms. The fourth-order valence-corrected chi connectivity index (χ4v) is 3.80. The van der Waals surface area contributed by atoms with Crippen molar-refractivity contribution in [2.45, 2.75) is 39.0 Å². The zero-order valence-corrected chi connectivity index (χ0v) is 14.7. The van der Waals surface area contributed by atoms with Crippen LogP contribution in [0.4, 0.5) is 0 Å². The molecule has 2 N–H and O–H groups in total. The van der Waals surface area contributed by atoms with Gasteiger partial charge in [0.25, 0.3) is 0 Å². The molecule has 128 valence electrons. The van der Waals surface area contributed by atoms with Crippen molar-refractivity contribution in [2.75, 3.05) is 39.0 Å². The number of piperidine rings is 1. The third kappa shape index (κ3) is 5.43. The van der Waals surface area contributed by atoms with Crippen molar-refractivity contribution in [3.05, 3.63) is 0 Å². The molecule has 0 unspecified atom stereocenters. The van der Waals surface area contributed by atoms with E-state index in [-0.39, 0.29) is 0 Å². The van der Waals surface area contributed by atoms with E-state index in [4.69, 9.17) is 0 Å². The number of aliphatic imine (C=N–C) groups is 1. The van der Waals surface area contributed by atoms with Gasteiger partial charge in [0.1, 0.15) is 0 Å². The van der Waals surface area contributed by atoms with Crippen LogP contribution in [0, 0.1) is 11.8 Å². The van der Waals surface area contributed by atoms with Gasteiger partial charge in [0.05, 0.1) is 6.26 Å². The van der Waals surface area contributed by atoms with Gasteiger partial charge in [-0.1, -0.05) is 6.42 Å². The van der Waals surface area contributed by atoms with E-state index >= 15 is 0 Å². The number of sulfonamides is 1. The molecule has 0 amide bonds. The largest absolute Gasteiger partial charge is 0.357 e. The predicted molar refractivity (Wildman–Crippen MR) is 90.5 cm³/mol. The van der Waals surface area contributed by atoms with Crippen molar-refractivity contribution in [3.8, 4) is 0 Å². The van der Waals surface area contributed by atoms with Crippen LogP contribution in [-0.2, 0) is 10.0 Å². The van der Waals surface area contributed by atoms with Crippen molar-refractivity contribution >= 4 is 16.0 Å². The summed E-state index contributed by atoms with van der Waals surface area (Å²) < 4.78 is 24.6. The standard InChI is InChI=1S/C15H30N4O2S/c1-3-16-15(17-11-13-5-4-6-13)18-12-14-7-9-19(10-8-14)22(2,20)21/h13-14H,3-12H2,1-2H3,(H2,16,17,18). The van der Waals surface area contributed by atoms with Crippen LogP contribution in [0.1, 0.15) is 39.0 Å². The molecule has 0 bridgehead atoms. The third-order valence-corrected chi connectivity index (χ3v) is 5.98. The second-order valence-corrected chi connectivity index (χ2v) is 8.49. The van der Waals surface area contributed by atoms with Crippen molar-refractivity contribution in [1.29, 1.82) is 0 Å². The molecule has 1 aliphatic heterocycles. The third-order valence-electron chi connectivity index (χ3n) is 4.68. The van der Waals surface area contributed by atoms with E-state index in [0.717, 1.165) is 44.4 Å². The summed E-state index contributed by atoms with van der Waals surface area (Å²) in [5, 5.41) is 6.71. The maximum Gasteiger partial charge on any atom is 0.211 e. The summed E-state index contributed by atoms with van der Waals surface area (Å²) in [6.07, 6.45) is 7.11. The quantitative estimate of drug-likeness (QED) is 0.563. The van der Waals surface area contributed by atoms with Gasteiger partial charge in [-0.2, -0.15) is 0 Å². The van der Waals surface area contributed by atoms with Crippen molar-refractivity contribution in [3.63, 3.8) is 0 Å². The second kappa shape index (κ2) is 8.15. The van der Waals surface area contributed by atoms with Gasteiger partial charge in [-0.25, -0.2) is 12.7 Å². The molecule has 0 radical (unpaired) electrons. The Kier molecular flexibility index (Phi) is 6.50. The molecule has 1 saturated carbocycles. The molecule has 1 aliphatic carbocycles. The summed E-state index contributed by atoms with van der Waals surface area (Å²) in [6.45, 7) is 6.01. The lowest BCUT2D eigenvalue weighted by Gasteiger charge is -2.30. The fraction of sp³-hybridized carbons (Fsp3) is 0.933. The molecular weight excluding hydrogens is 300 g/mol. The van der Waals surface area contributed by atoms with Crippen LogP contribution < -0.4 is 10.6 Å². The van der Waals surface area contributed by atoms with E-state index in [1.807, 2.05) is 0 Å². The minimum atomic E-state index is -3.03. The number of rotatable bonds is 6. The molecule has 0 atom stereocenters. The minimum Gasteiger partial charge on any atom is -0.357 e. The van der Waals surface area contributed by atoms with E-state index in [2.05, 4.69) is 22.5 Å². The van der Waals surface area contributed by atoms with Crippen LogP contribution in [0.3, 0.4) is 0 Å². The van der Waals surface area contributed by atoms with Crippen LogP contribution in [-0.4, -0.2) is 57.7 Å². The normalized spacial score (nSPS) is 22.4. The lowest BCUT2D eigenvalue weighted by Crippen LogP contribution is -2.44. The van der Waals surface area contributed by atoms with Crippen LogP contribution in [0.25, 0.3) is 0 Å². The Balaban J connectivity index is 1.73. The Hall–Kier alpha value is -0.820. The number of nitrogens with one attached hydrogen (secondary N) is 2. The average Bonchev–Trinajstić information content (AvgIpc) is 2.42. The Morgan fingerprint density at radius 2 is 1.82 bits per heavy atom. The second-order valence-electron chi connectivity index (χ2n) is 6.50. The SMILES string of the molecule is CCNC(=NCC1CCC1)NCC1CCN(S(C)(=O)=O)CC1. The lowest BCUT2D eigenvalue weighted by molar-refractivity contribution is 0.274. The van der Waals surface area contributed by atoms with E-state index in [1.165, 1.54) is 25.5 Å². The van der Waals surface area contributed by atoms with Gasteiger partial charge in [0.2, 0.25) is 10.0 Å². The van der Waals surface area contributed by atoms with Crippen molar-refractivity contribution in [1.82, 2.24) is 14.9 Å². The zero-order valence-electron chi connectivity index (χ0n) is 13.8. The Morgan fingerprint density at radius 3 is 2.32 bits per heavy atom. The molecule has 0 aromatic rings. The van der Waals surface area contributed by atoms with Crippen LogP contribution in [0.15, 0.2) is 4.99 Å². The van der Waals surface area contributed by atoms with Gasteiger partial charge < -0.3 is 10.6 Å². The molecule has 0 spiro atoms. The first-order valence-corrected chi connectivity index (χ1v) is 10.3. The first kappa shape index (κ1) is 17.5. The summed E-state index contributed by atoms with van der Waals surface area (Å²) in [5.74, 6) is 2.19. The van der Waals surface area contributed by atoms with Gasteiger partial charge in [-0.15, -0.1) is 0 Å². The first-order chi connectivity index (χ1) is 10.5. The molecule has 2 fully saturated rings. The summed E-state index contributed by atoms with van der Waals surface area (Å²) in [6, 6.07) is 0. The maximum absolute atomic E-state index is 11.5. The summed E-state index contributed by atoms with van der Waals surface area (Å²) in [5.41, 5.74) is 0. The topological polar surface area (TPSA) is 73.8 Å². The summed E-state index contributed by atoms with van der Waals surface area (Å²) in [4.78, 5) is 4.66. The number of guanidine groups is 1. The number of hydrogen-bond acceptors (Lipinski definition) is 3. The van der Waals surface area contributed by atoms with E-state index in [1.54, 1.807) is 4.31 Å². The van der Waals surface area contributed by atoms with Crippen molar-refractivity contribution in [2.24, 2.45) is 16.8 Å². The Labute approximate surface area is 134 Å². The number of hydrogen-bond donors (Lipinski definition) is 2. The highest BCUT2D eigenvalue weighted by atomic mass is 32.2. The minimum absolute atomic E-state index is 0.519. The van der Waals surface area contributed by atoms with Gasteiger partial charge in [-0.05, 0) is 44.4 Å². The van der Waals surface area contributed by atoms with Crippen molar-refractivity contribution < 1.29 is 8.42 Å². The smallest absolute Gasteiger partial charge is 0.211 e. The van der Waals surface area contributed by atoms with E-state index < -0.39 is 10.0 Å². The molecule has 1 heterocycles. The molecular formula is C15H30N4O2S. The van der Waals surface area contributed by atoms with E-state index in [0.29, 0.717) is 19.0 Å². The predicted octanol–water partition coefficient (Wildman–Crippen LogP) is 1.01. The monoisotopic (exact) mass is 330 g/mol. The van der Waals surface area contributed by atoms with Crippen LogP contribution >= 0.6 is 0 Å². The molecule has 0 aromatic carbocycles. The molecule has 2 aliphatic rings. The average molecular weight is 330 g/mol. The molecule has 6 nitrogen and oxygen atoms in total. The van der Waals surface area contributed by atoms with Gasteiger partial charge in [-0.3, -0.25) is 4.99 Å². The Bertz CT molecular complexity index is 466. The van der Waals surface area contributed by atoms with Gasteiger partial charge >= 0.3 is 0 Å². The first-order valence-electron chi connectivity index (χ1n) is 8.46. The zero-order chi connectivity index (χ0) is 16.0. The van der Waals surface area contributed by atoms with E-state index in [9.17, 15) is 8.42 Å². The molecule has 22 heavy (non-hydrogen) atoms. The number of nitrogens with zero attached hydrogens (tertiary/aromatic N) is 2. The van der Waals surface area contributed by atoms with Gasteiger partial charge in [0.15, 0.2) is 5.96 Å². The highest BCUT2D eigenvalue weighted by molar-refractivity contribution is 7.88. The summed E-state index contributed by atoms with van der Waals surface area (Å²) >= 11 is 0. The highest BCUT2D eigenvalue weighted by Gasteiger charge is 2.24. The highest BCUT2D eigenvalue weighted by Crippen LogP contribution is 2.26. The molecule has 1 saturated heterocycles. The molecule has 2 rings (SSSR count).